The number of hydrogen-bond donors (Lipinski definition) is 2. The molecule has 0 saturated heterocycles. The fourth-order valence-electron chi connectivity index (χ4n) is 1.12. The summed E-state index contributed by atoms with van der Waals surface area (Å²) in [7, 11) is 0. The average Bonchev–Trinajstić information content (AvgIpc) is 2.07. The molecule has 1 aromatic rings. The fourth-order valence-corrected chi connectivity index (χ4v) is 1.12. The molecule has 0 aromatic heterocycles. The van der Waals surface area contributed by atoms with Gasteiger partial charge in [0, 0.05) is 6.54 Å². The normalized spacial score (nSPS) is 10.0. The van der Waals surface area contributed by atoms with Crippen molar-refractivity contribution < 1.29 is 14.3 Å². The third-order valence-corrected chi connectivity index (χ3v) is 1.73. The van der Waals surface area contributed by atoms with Gasteiger partial charge < -0.3 is 10.8 Å². The minimum atomic E-state index is -0.943. The van der Waals surface area contributed by atoms with Gasteiger partial charge in [0.25, 0.3) is 0 Å². The van der Waals surface area contributed by atoms with Crippen molar-refractivity contribution in [2.75, 3.05) is 0 Å². The highest BCUT2D eigenvalue weighted by molar-refractivity contribution is 5.70. The monoisotopic (exact) mass is 183 g/mol. The molecule has 70 valence electrons. The molecule has 0 saturated carbocycles. The second-order valence-corrected chi connectivity index (χ2v) is 2.69. The Morgan fingerprint density at radius 2 is 2.15 bits per heavy atom. The van der Waals surface area contributed by atoms with Crippen molar-refractivity contribution in [2.45, 2.75) is 13.0 Å². The fraction of sp³-hybridized carbons (Fsp3) is 0.222. The summed E-state index contributed by atoms with van der Waals surface area (Å²) in [6.45, 7) is 0.153. The van der Waals surface area contributed by atoms with Gasteiger partial charge in [-0.25, -0.2) is 4.39 Å². The number of carbonyl (C=O) groups is 1. The third kappa shape index (κ3) is 2.52. The summed E-state index contributed by atoms with van der Waals surface area (Å²) in [5.74, 6) is -1.34. The minimum absolute atomic E-state index is 0.118. The molecule has 0 heterocycles. The van der Waals surface area contributed by atoms with Gasteiger partial charge in [0.15, 0.2) is 0 Å². The zero-order chi connectivity index (χ0) is 9.84. The Balaban J connectivity index is 2.99. The summed E-state index contributed by atoms with van der Waals surface area (Å²) in [5.41, 5.74) is 6.45. The first-order chi connectivity index (χ1) is 6.13. The van der Waals surface area contributed by atoms with Crippen LogP contribution in [0.1, 0.15) is 11.1 Å². The number of rotatable bonds is 3. The lowest BCUT2D eigenvalue weighted by Gasteiger charge is -2.04. The molecule has 0 aliphatic rings. The number of halogens is 1. The Hall–Kier alpha value is -1.42. The maximum absolute atomic E-state index is 12.7. The second-order valence-electron chi connectivity index (χ2n) is 2.69. The van der Waals surface area contributed by atoms with E-state index in [-0.39, 0.29) is 13.0 Å². The van der Waals surface area contributed by atoms with Crippen LogP contribution in [0.3, 0.4) is 0 Å². The number of carboxylic acids is 1. The highest BCUT2D eigenvalue weighted by Crippen LogP contribution is 2.11. The number of benzene rings is 1. The molecule has 1 aromatic carbocycles. The van der Waals surface area contributed by atoms with Crippen LogP contribution in [0.5, 0.6) is 0 Å². The summed E-state index contributed by atoms with van der Waals surface area (Å²) >= 11 is 0. The van der Waals surface area contributed by atoms with Gasteiger partial charge >= 0.3 is 5.97 Å². The standard InChI is InChI=1S/C9H10FNO2/c10-8-2-1-6(4-9(12)13)7(3-8)5-11/h1-3H,4-5,11H2,(H,12,13). The summed E-state index contributed by atoms with van der Waals surface area (Å²) < 4.78 is 12.7. The van der Waals surface area contributed by atoms with Gasteiger partial charge in [-0.2, -0.15) is 0 Å². The zero-order valence-corrected chi connectivity index (χ0v) is 6.96. The summed E-state index contributed by atoms with van der Waals surface area (Å²) in [6, 6.07) is 3.95. The summed E-state index contributed by atoms with van der Waals surface area (Å²) in [5, 5.41) is 8.52. The van der Waals surface area contributed by atoms with Crippen LogP contribution in [0.4, 0.5) is 4.39 Å². The van der Waals surface area contributed by atoms with Crippen LogP contribution in [-0.2, 0) is 17.8 Å². The van der Waals surface area contributed by atoms with E-state index in [1.165, 1.54) is 18.2 Å². The van der Waals surface area contributed by atoms with Crippen LogP contribution in [0.25, 0.3) is 0 Å². The topological polar surface area (TPSA) is 63.3 Å². The SMILES string of the molecule is NCc1cc(F)ccc1CC(=O)O. The minimum Gasteiger partial charge on any atom is -0.481 e. The van der Waals surface area contributed by atoms with E-state index < -0.39 is 11.8 Å². The lowest BCUT2D eigenvalue weighted by Crippen LogP contribution is -2.07. The maximum atomic E-state index is 12.7. The Morgan fingerprint density at radius 3 is 2.69 bits per heavy atom. The van der Waals surface area contributed by atoms with Crippen LogP contribution in [-0.4, -0.2) is 11.1 Å². The molecule has 0 radical (unpaired) electrons. The molecule has 0 bridgehead atoms. The van der Waals surface area contributed by atoms with Gasteiger partial charge in [0.2, 0.25) is 0 Å². The smallest absolute Gasteiger partial charge is 0.307 e. The molecule has 3 nitrogen and oxygen atoms in total. The molecule has 0 spiro atoms. The van der Waals surface area contributed by atoms with Crippen LogP contribution in [0.15, 0.2) is 18.2 Å². The number of hydrogen-bond acceptors (Lipinski definition) is 2. The molecule has 0 aliphatic heterocycles. The highest BCUT2D eigenvalue weighted by atomic mass is 19.1. The van der Waals surface area contributed by atoms with Gasteiger partial charge in [0.05, 0.1) is 6.42 Å². The summed E-state index contributed by atoms with van der Waals surface area (Å²) in [4.78, 5) is 10.4. The Morgan fingerprint density at radius 1 is 1.46 bits per heavy atom. The van der Waals surface area contributed by atoms with Crippen molar-refractivity contribution in [1.82, 2.24) is 0 Å². The Labute approximate surface area is 75.0 Å². The molecule has 0 amide bonds. The highest BCUT2D eigenvalue weighted by Gasteiger charge is 2.06. The van der Waals surface area contributed by atoms with Crippen LogP contribution < -0.4 is 5.73 Å². The predicted molar refractivity (Wildman–Crippen MR) is 45.6 cm³/mol. The van der Waals surface area contributed by atoms with E-state index >= 15 is 0 Å². The van der Waals surface area contributed by atoms with Crippen molar-refractivity contribution >= 4 is 5.97 Å². The Kier molecular flexibility index (Phi) is 2.97. The molecule has 13 heavy (non-hydrogen) atoms. The van der Waals surface area contributed by atoms with Crippen molar-refractivity contribution in [1.29, 1.82) is 0 Å². The Bertz CT molecular complexity index is 325. The quantitative estimate of drug-likeness (QED) is 0.732. The lowest BCUT2D eigenvalue weighted by molar-refractivity contribution is -0.136. The van der Waals surface area contributed by atoms with E-state index in [1.54, 1.807) is 0 Å². The van der Waals surface area contributed by atoms with Crippen molar-refractivity contribution in [3.63, 3.8) is 0 Å². The largest absolute Gasteiger partial charge is 0.481 e. The molecular formula is C9H10FNO2. The molecule has 4 heteroatoms. The van der Waals surface area contributed by atoms with E-state index in [0.717, 1.165) is 0 Å². The zero-order valence-electron chi connectivity index (χ0n) is 6.96. The van der Waals surface area contributed by atoms with E-state index in [9.17, 15) is 9.18 Å². The third-order valence-electron chi connectivity index (χ3n) is 1.73. The van der Waals surface area contributed by atoms with Crippen LogP contribution >= 0.6 is 0 Å². The first-order valence-electron chi connectivity index (χ1n) is 3.82. The molecular weight excluding hydrogens is 173 g/mol. The van der Waals surface area contributed by atoms with Crippen molar-refractivity contribution in [2.24, 2.45) is 5.73 Å². The number of nitrogens with two attached hydrogens (primary N) is 1. The van der Waals surface area contributed by atoms with Gasteiger partial charge in [0.1, 0.15) is 5.82 Å². The maximum Gasteiger partial charge on any atom is 0.307 e. The first kappa shape index (κ1) is 9.67. The lowest BCUT2D eigenvalue weighted by atomic mass is 10.0. The first-order valence-corrected chi connectivity index (χ1v) is 3.82. The summed E-state index contributed by atoms with van der Waals surface area (Å²) in [6.07, 6.45) is -0.118. The molecule has 0 aliphatic carbocycles. The van der Waals surface area contributed by atoms with Gasteiger partial charge in [-0.05, 0) is 23.3 Å². The van der Waals surface area contributed by atoms with Gasteiger partial charge in [-0.1, -0.05) is 6.07 Å². The second kappa shape index (κ2) is 4.00. The molecule has 0 unspecified atom stereocenters. The molecule has 0 atom stereocenters. The van der Waals surface area contributed by atoms with Crippen molar-refractivity contribution in [3.05, 3.63) is 35.1 Å². The molecule has 3 N–H and O–H groups in total. The van der Waals surface area contributed by atoms with Gasteiger partial charge in [-0.15, -0.1) is 0 Å². The van der Waals surface area contributed by atoms with E-state index in [2.05, 4.69) is 0 Å². The van der Waals surface area contributed by atoms with Crippen LogP contribution in [0.2, 0.25) is 0 Å². The number of aliphatic carboxylic acids is 1. The van der Waals surface area contributed by atoms with E-state index in [0.29, 0.717) is 11.1 Å². The van der Waals surface area contributed by atoms with Crippen LogP contribution in [0, 0.1) is 5.82 Å². The number of carboxylic acid groups (broad SMARTS) is 1. The predicted octanol–water partition coefficient (Wildman–Crippen LogP) is 0.911. The van der Waals surface area contributed by atoms with E-state index in [1.807, 2.05) is 0 Å². The molecule has 1 rings (SSSR count). The van der Waals surface area contributed by atoms with E-state index in [4.69, 9.17) is 10.8 Å². The average molecular weight is 183 g/mol. The molecule has 0 fully saturated rings. The van der Waals surface area contributed by atoms with Crippen molar-refractivity contribution in [3.8, 4) is 0 Å². The van der Waals surface area contributed by atoms with Gasteiger partial charge in [-0.3, -0.25) is 4.79 Å².